The average Bonchev–Trinajstić information content (AvgIpc) is 2.38. The van der Waals surface area contributed by atoms with Crippen LogP contribution in [0.25, 0.3) is 0 Å². The maximum atomic E-state index is 3.60. The summed E-state index contributed by atoms with van der Waals surface area (Å²) in [4.78, 5) is 0. The second-order valence-electron chi connectivity index (χ2n) is 5.96. The van der Waals surface area contributed by atoms with Crippen molar-refractivity contribution in [2.45, 2.75) is 69.7 Å². The predicted molar refractivity (Wildman–Crippen MR) is 91.9 cm³/mol. The number of alkyl halides is 1. The van der Waals surface area contributed by atoms with E-state index < -0.39 is 0 Å². The van der Waals surface area contributed by atoms with E-state index in [-0.39, 0.29) is 0 Å². The predicted octanol–water partition coefficient (Wildman–Crippen LogP) is 5.47. The van der Waals surface area contributed by atoms with Crippen molar-refractivity contribution in [3.05, 3.63) is 29.8 Å². The molecule has 0 spiro atoms. The van der Waals surface area contributed by atoms with E-state index >= 15 is 0 Å². The molecule has 1 aromatic rings. The van der Waals surface area contributed by atoms with Gasteiger partial charge in [0.15, 0.2) is 0 Å². The fraction of sp³-hybridized carbons (Fsp3) is 0.647. The molecule has 0 fully saturated rings. The summed E-state index contributed by atoms with van der Waals surface area (Å²) >= 11 is 3.60. The van der Waals surface area contributed by atoms with Gasteiger partial charge in [-0.15, -0.1) is 0 Å². The van der Waals surface area contributed by atoms with Gasteiger partial charge in [-0.05, 0) is 10.6 Å². The van der Waals surface area contributed by atoms with Gasteiger partial charge in [0, 0.05) is 5.33 Å². The molecule has 1 aromatic carbocycles. The normalized spacial score (nSPS) is 11.8. The van der Waals surface area contributed by atoms with E-state index in [1.54, 1.807) is 0 Å². The van der Waals surface area contributed by atoms with Gasteiger partial charge in [0.1, 0.15) is 0 Å². The Labute approximate surface area is 130 Å². The highest BCUT2D eigenvalue weighted by Crippen LogP contribution is 2.30. The van der Waals surface area contributed by atoms with Crippen molar-refractivity contribution in [2.75, 3.05) is 0 Å². The van der Waals surface area contributed by atoms with Crippen LogP contribution >= 0.6 is 15.9 Å². The summed E-state index contributed by atoms with van der Waals surface area (Å²) in [7, 11) is 0.919. The zero-order chi connectivity index (χ0) is 14.1. The Bertz CT molecular complexity index is 360. The molecule has 0 unspecified atom stereocenters. The number of unbranched alkanes of at least 4 members (excludes halogenated alkanes) is 4. The number of hydrogen-bond donors (Lipinski definition) is 0. The summed E-state index contributed by atoms with van der Waals surface area (Å²) in [6.07, 6.45) is 8.29. The van der Waals surface area contributed by atoms with Crippen LogP contribution in [0, 0.1) is 0 Å². The highest BCUT2D eigenvalue weighted by Gasteiger charge is 2.20. The van der Waals surface area contributed by atoms with E-state index in [0.717, 1.165) is 14.8 Å². The highest BCUT2D eigenvalue weighted by atomic mass is 79.9. The molecule has 0 amide bonds. The maximum absolute atomic E-state index is 3.60. The first-order chi connectivity index (χ1) is 9.09. The molecule has 0 bridgehead atoms. The monoisotopic (exact) mass is 338 g/mol. The van der Waals surface area contributed by atoms with E-state index in [0.29, 0.717) is 5.04 Å². The SMILES string of the molecule is CCCCCCCC(C)(C)[Si]c1ccccc1CBr. The zero-order valence-corrected chi connectivity index (χ0v) is 15.2. The molecule has 0 N–H and O–H groups in total. The third kappa shape index (κ3) is 6.76. The summed E-state index contributed by atoms with van der Waals surface area (Å²) in [5.41, 5.74) is 1.46. The standard InChI is InChI=1S/C17H27BrSi/c1-4-5-6-7-10-13-17(2,3)19-16-12-9-8-11-15(16)14-18/h8-9,11-12H,4-7,10,13-14H2,1-3H3. The lowest BCUT2D eigenvalue weighted by Gasteiger charge is -2.24. The third-order valence-electron chi connectivity index (χ3n) is 3.54. The van der Waals surface area contributed by atoms with Gasteiger partial charge in [-0.3, -0.25) is 0 Å². The number of halogens is 1. The number of benzene rings is 1. The van der Waals surface area contributed by atoms with Gasteiger partial charge < -0.3 is 0 Å². The quantitative estimate of drug-likeness (QED) is 0.318. The third-order valence-corrected chi connectivity index (χ3v) is 5.83. The van der Waals surface area contributed by atoms with E-state index in [1.165, 1.54) is 49.3 Å². The second kappa shape index (κ2) is 8.96. The molecule has 0 heterocycles. The van der Waals surface area contributed by atoms with Crippen molar-refractivity contribution in [3.8, 4) is 0 Å². The summed E-state index contributed by atoms with van der Waals surface area (Å²) in [5.74, 6) is 0. The van der Waals surface area contributed by atoms with Gasteiger partial charge in [-0.1, -0.05) is 105 Å². The first-order valence-corrected chi connectivity index (χ1v) is 9.63. The van der Waals surface area contributed by atoms with Gasteiger partial charge >= 0.3 is 0 Å². The topological polar surface area (TPSA) is 0 Å². The Kier molecular flexibility index (Phi) is 8.01. The molecule has 2 heteroatoms. The smallest absolute Gasteiger partial charge is 0.0875 e. The van der Waals surface area contributed by atoms with Crippen LogP contribution in [0.3, 0.4) is 0 Å². The van der Waals surface area contributed by atoms with Crippen LogP contribution in [0.4, 0.5) is 0 Å². The molecule has 19 heavy (non-hydrogen) atoms. The minimum Gasteiger partial charge on any atom is -0.0876 e. The summed E-state index contributed by atoms with van der Waals surface area (Å²) in [6.45, 7) is 7.13. The van der Waals surface area contributed by atoms with Gasteiger partial charge in [0.25, 0.3) is 0 Å². The minimum absolute atomic E-state index is 0.449. The van der Waals surface area contributed by atoms with Crippen molar-refractivity contribution in [2.24, 2.45) is 0 Å². The zero-order valence-electron chi connectivity index (χ0n) is 12.6. The van der Waals surface area contributed by atoms with E-state index in [4.69, 9.17) is 0 Å². The first-order valence-electron chi connectivity index (χ1n) is 7.51. The molecule has 0 saturated heterocycles. The molecule has 0 aliphatic carbocycles. The fourth-order valence-electron chi connectivity index (χ4n) is 2.36. The highest BCUT2D eigenvalue weighted by molar-refractivity contribution is 9.08. The molecule has 0 aliphatic heterocycles. The van der Waals surface area contributed by atoms with Gasteiger partial charge in [-0.25, -0.2) is 0 Å². The van der Waals surface area contributed by atoms with Crippen LogP contribution in [0.2, 0.25) is 5.04 Å². The number of hydrogen-bond acceptors (Lipinski definition) is 0. The van der Waals surface area contributed by atoms with Crippen LogP contribution in [0.5, 0.6) is 0 Å². The van der Waals surface area contributed by atoms with Gasteiger partial charge in [0.2, 0.25) is 0 Å². The van der Waals surface area contributed by atoms with Crippen LogP contribution in [-0.2, 0) is 5.33 Å². The largest absolute Gasteiger partial charge is 0.0876 e. The summed E-state index contributed by atoms with van der Waals surface area (Å²) in [5, 5.41) is 2.96. The van der Waals surface area contributed by atoms with Crippen LogP contribution in [-0.4, -0.2) is 9.52 Å². The Balaban J connectivity index is 2.44. The fourth-order valence-corrected chi connectivity index (χ4v) is 4.65. The van der Waals surface area contributed by atoms with Gasteiger partial charge in [0.05, 0.1) is 9.52 Å². The molecule has 0 atom stereocenters. The van der Waals surface area contributed by atoms with Crippen molar-refractivity contribution in [1.82, 2.24) is 0 Å². The van der Waals surface area contributed by atoms with Gasteiger partial charge in [-0.2, -0.15) is 0 Å². The molecular formula is C17H27BrSi. The molecule has 0 aliphatic rings. The molecule has 1 rings (SSSR count). The molecule has 0 nitrogen and oxygen atoms in total. The van der Waals surface area contributed by atoms with Crippen molar-refractivity contribution >= 4 is 30.6 Å². The number of rotatable bonds is 9. The van der Waals surface area contributed by atoms with E-state index in [2.05, 4.69) is 61.0 Å². The Morgan fingerprint density at radius 1 is 1.05 bits per heavy atom. The summed E-state index contributed by atoms with van der Waals surface area (Å²) in [6, 6.07) is 8.86. The second-order valence-corrected chi connectivity index (χ2v) is 8.67. The maximum Gasteiger partial charge on any atom is 0.0875 e. The van der Waals surface area contributed by atoms with Crippen molar-refractivity contribution in [1.29, 1.82) is 0 Å². The lowest BCUT2D eigenvalue weighted by molar-refractivity contribution is 0.531. The van der Waals surface area contributed by atoms with E-state index in [1.807, 2.05) is 0 Å². The Morgan fingerprint density at radius 2 is 1.74 bits per heavy atom. The lowest BCUT2D eigenvalue weighted by Crippen LogP contribution is -2.28. The first kappa shape index (κ1) is 17.0. The lowest BCUT2D eigenvalue weighted by atomic mass is 10.0. The molecule has 2 radical (unpaired) electrons. The minimum atomic E-state index is 0.449. The Morgan fingerprint density at radius 3 is 2.42 bits per heavy atom. The Hall–Kier alpha value is -0.0831. The van der Waals surface area contributed by atoms with E-state index in [9.17, 15) is 0 Å². The summed E-state index contributed by atoms with van der Waals surface area (Å²) < 4.78 is 0. The van der Waals surface area contributed by atoms with Crippen LogP contribution in [0.15, 0.2) is 24.3 Å². The van der Waals surface area contributed by atoms with Crippen molar-refractivity contribution < 1.29 is 0 Å². The molecule has 0 saturated carbocycles. The molecule has 0 aromatic heterocycles. The van der Waals surface area contributed by atoms with Crippen molar-refractivity contribution in [3.63, 3.8) is 0 Å². The van der Waals surface area contributed by atoms with Crippen LogP contribution < -0.4 is 5.19 Å². The van der Waals surface area contributed by atoms with Crippen LogP contribution in [0.1, 0.15) is 64.9 Å². The molecule has 106 valence electrons. The average molecular weight is 339 g/mol. The molecular weight excluding hydrogens is 312 g/mol.